The summed E-state index contributed by atoms with van der Waals surface area (Å²) in [7, 11) is 1.64. The summed E-state index contributed by atoms with van der Waals surface area (Å²) in [5, 5.41) is 0. The van der Waals surface area contributed by atoms with E-state index in [1.165, 1.54) is 13.8 Å². The van der Waals surface area contributed by atoms with Crippen LogP contribution in [0.15, 0.2) is 91.1 Å². The molecule has 35 heavy (non-hydrogen) atoms. The standard InChI is InChI=1S/C29H25NO5/c1-19(31)34-26-12-6-22(7-13-26)29(23-8-14-27(15-9-23)35-20(2)32)28-18-24(16-17-30-28)21-4-10-25(33-3)11-5-21/h4-18,29H,1-3H3. The molecule has 0 aliphatic rings. The van der Waals surface area contributed by atoms with Crippen molar-refractivity contribution in [2.75, 3.05) is 7.11 Å². The van der Waals surface area contributed by atoms with Crippen LogP contribution in [-0.2, 0) is 9.59 Å². The van der Waals surface area contributed by atoms with Crippen LogP contribution >= 0.6 is 0 Å². The van der Waals surface area contributed by atoms with Crippen LogP contribution in [0.1, 0.15) is 36.6 Å². The molecule has 0 radical (unpaired) electrons. The third-order valence-corrected chi connectivity index (χ3v) is 5.45. The zero-order valence-corrected chi connectivity index (χ0v) is 19.7. The van der Waals surface area contributed by atoms with Gasteiger partial charge in [0.1, 0.15) is 17.2 Å². The van der Waals surface area contributed by atoms with Gasteiger partial charge in [0.2, 0.25) is 0 Å². The lowest BCUT2D eigenvalue weighted by Crippen LogP contribution is -2.07. The van der Waals surface area contributed by atoms with Crippen molar-refractivity contribution in [2.24, 2.45) is 0 Å². The number of nitrogens with zero attached hydrogens (tertiary/aromatic N) is 1. The fourth-order valence-corrected chi connectivity index (χ4v) is 3.89. The molecule has 0 spiro atoms. The number of rotatable bonds is 7. The second-order valence-corrected chi connectivity index (χ2v) is 7.96. The highest BCUT2D eigenvalue weighted by Crippen LogP contribution is 2.34. The van der Waals surface area contributed by atoms with Gasteiger partial charge in [-0.3, -0.25) is 14.6 Å². The molecule has 0 fully saturated rings. The summed E-state index contributed by atoms with van der Waals surface area (Å²) in [6.07, 6.45) is 1.79. The van der Waals surface area contributed by atoms with Crippen molar-refractivity contribution in [1.29, 1.82) is 0 Å². The van der Waals surface area contributed by atoms with Gasteiger partial charge < -0.3 is 14.2 Å². The number of aromatic nitrogens is 1. The maximum absolute atomic E-state index is 11.3. The van der Waals surface area contributed by atoms with E-state index >= 15 is 0 Å². The molecule has 176 valence electrons. The molecule has 6 nitrogen and oxygen atoms in total. The first kappa shape index (κ1) is 23.7. The molecule has 0 aliphatic heterocycles. The Morgan fingerprint density at radius 1 is 0.657 bits per heavy atom. The molecular weight excluding hydrogens is 442 g/mol. The molecule has 4 aromatic rings. The SMILES string of the molecule is COc1ccc(-c2ccnc(C(c3ccc(OC(C)=O)cc3)c3ccc(OC(C)=O)cc3)c2)cc1. The van der Waals surface area contributed by atoms with Gasteiger partial charge in [-0.15, -0.1) is 0 Å². The smallest absolute Gasteiger partial charge is 0.308 e. The van der Waals surface area contributed by atoms with Crippen molar-refractivity contribution in [3.8, 4) is 28.4 Å². The zero-order chi connectivity index (χ0) is 24.8. The molecular formula is C29H25NO5. The van der Waals surface area contributed by atoms with Crippen molar-refractivity contribution in [2.45, 2.75) is 19.8 Å². The lowest BCUT2D eigenvalue weighted by Gasteiger charge is -2.19. The normalized spacial score (nSPS) is 10.6. The van der Waals surface area contributed by atoms with Crippen molar-refractivity contribution < 1.29 is 23.8 Å². The monoisotopic (exact) mass is 467 g/mol. The molecule has 3 aromatic carbocycles. The average Bonchev–Trinajstić information content (AvgIpc) is 2.86. The number of hydrogen-bond donors (Lipinski definition) is 0. The Bertz CT molecular complexity index is 1250. The van der Waals surface area contributed by atoms with E-state index in [-0.39, 0.29) is 17.9 Å². The first-order valence-electron chi connectivity index (χ1n) is 11.1. The van der Waals surface area contributed by atoms with E-state index in [0.717, 1.165) is 33.7 Å². The summed E-state index contributed by atoms with van der Waals surface area (Å²) in [6, 6.07) is 26.7. The van der Waals surface area contributed by atoms with Gasteiger partial charge in [-0.25, -0.2) is 0 Å². The lowest BCUT2D eigenvalue weighted by atomic mass is 9.87. The van der Waals surface area contributed by atoms with Crippen LogP contribution in [0.5, 0.6) is 17.2 Å². The third-order valence-electron chi connectivity index (χ3n) is 5.45. The summed E-state index contributed by atoms with van der Waals surface area (Å²) >= 11 is 0. The Hall–Kier alpha value is -4.45. The second kappa shape index (κ2) is 10.7. The van der Waals surface area contributed by atoms with Crippen LogP contribution in [-0.4, -0.2) is 24.0 Å². The number of carbonyl (C=O) groups is 2. The van der Waals surface area contributed by atoms with E-state index in [9.17, 15) is 9.59 Å². The summed E-state index contributed by atoms with van der Waals surface area (Å²) in [5.41, 5.74) is 4.86. The topological polar surface area (TPSA) is 74.7 Å². The summed E-state index contributed by atoms with van der Waals surface area (Å²) in [4.78, 5) is 27.3. The van der Waals surface area contributed by atoms with E-state index in [1.807, 2.05) is 54.6 Å². The molecule has 0 bridgehead atoms. The number of methoxy groups -OCH3 is 1. The third kappa shape index (κ3) is 5.92. The molecule has 1 heterocycles. The van der Waals surface area contributed by atoms with Crippen LogP contribution < -0.4 is 14.2 Å². The highest BCUT2D eigenvalue weighted by atomic mass is 16.5. The second-order valence-electron chi connectivity index (χ2n) is 7.96. The van der Waals surface area contributed by atoms with E-state index in [0.29, 0.717) is 11.5 Å². The summed E-state index contributed by atoms with van der Waals surface area (Å²) < 4.78 is 15.7. The van der Waals surface area contributed by atoms with Crippen molar-refractivity contribution in [3.05, 3.63) is 108 Å². The summed E-state index contributed by atoms with van der Waals surface area (Å²) in [5.74, 6) is 0.802. The molecule has 0 unspecified atom stereocenters. The number of benzene rings is 3. The molecule has 0 atom stereocenters. The van der Waals surface area contributed by atoms with Crippen LogP contribution in [0.3, 0.4) is 0 Å². The number of hydrogen-bond acceptors (Lipinski definition) is 6. The van der Waals surface area contributed by atoms with Gasteiger partial charge in [-0.2, -0.15) is 0 Å². The minimum atomic E-state index is -0.371. The quantitative estimate of drug-likeness (QED) is 0.253. The Labute approximate surface area is 204 Å². The Morgan fingerprint density at radius 2 is 1.14 bits per heavy atom. The molecule has 0 amide bonds. The van der Waals surface area contributed by atoms with Gasteiger partial charge in [0, 0.05) is 20.0 Å². The number of pyridine rings is 1. The Kier molecular flexibility index (Phi) is 7.21. The fraction of sp³-hybridized carbons (Fsp3) is 0.138. The highest BCUT2D eigenvalue weighted by molar-refractivity contribution is 5.70. The maximum atomic E-state index is 11.3. The average molecular weight is 468 g/mol. The summed E-state index contributed by atoms with van der Waals surface area (Å²) in [6.45, 7) is 2.74. The van der Waals surface area contributed by atoms with Gasteiger partial charge in [-0.05, 0) is 70.8 Å². The molecule has 4 rings (SSSR count). The Balaban J connectivity index is 1.75. The minimum Gasteiger partial charge on any atom is -0.497 e. The highest BCUT2D eigenvalue weighted by Gasteiger charge is 2.20. The molecule has 1 aromatic heterocycles. The lowest BCUT2D eigenvalue weighted by molar-refractivity contribution is -0.132. The Morgan fingerprint density at radius 3 is 1.60 bits per heavy atom. The van der Waals surface area contributed by atoms with Crippen molar-refractivity contribution >= 4 is 11.9 Å². The first-order chi connectivity index (χ1) is 16.9. The van der Waals surface area contributed by atoms with Crippen LogP contribution in [0, 0.1) is 0 Å². The van der Waals surface area contributed by atoms with Gasteiger partial charge in [0.15, 0.2) is 0 Å². The van der Waals surface area contributed by atoms with Gasteiger partial charge in [-0.1, -0.05) is 36.4 Å². The molecule has 0 N–H and O–H groups in total. The van der Waals surface area contributed by atoms with Crippen molar-refractivity contribution in [1.82, 2.24) is 4.98 Å². The maximum Gasteiger partial charge on any atom is 0.308 e. The van der Waals surface area contributed by atoms with E-state index in [4.69, 9.17) is 19.2 Å². The number of carbonyl (C=O) groups excluding carboxylic acids is 2. The van der Waals surface area contributed by atoms with E-state index in [2.05, 4.69) is 6.07 Å². The predicted octanol–water partition coefficient (Wildman–Crippen LogP) is 5.79. The van der Waals surface area contributed by atoms with Crippen LogP contribution in [0.2, 0.25) is 0 Å². The van der Waals surface area contributed by atoms with Crippen LogP contribution in [0.25, 0.3) is 11.1 Å². The van der Waals surface area contributed by atoms with Gasteiger partial charge in [0.25, 0.3) is 0 Å². The number of ether oxygens (including phenoxy) is 3. The number of esters is 2. The first-order valence-corrected chi connectivity index (χ1v) is 11.1. The van der Waals surface area contributed by atoms with Gasteiger partial charge in [0.05, 0.1) is 18.7 Å². The van der Waals surface area contributed by atoms with Crippen LogP contribution in [0.4, 0.5) is 0 Å². The molecule has 0 saturated carbocycles. The fourth-order valence-electron chi connectivity index (χ4n) is 3.89. The molecule has 0 aliphatic carbocycles. The largest absolute Gasteiger partial charge is 0.497 e. The van der Waals surface area contributed by atoms with Crippen molar-refractivity contribution in [3.63, 3.8) is 0 Å². The molecule has 0 saturated heterocycles. The minimum absolute atomic E-state index is 0.203. The van der Waals surface area contributed by atoms with Gasteiger partial charge >= 0.3 is 11.9 Å². The zero-order valence-electron chi connectivity index (χ0n) is 19.7. The van der Waals surface area contributed by atoms with E-state index in [1.54, 1.807) is 37.6 Å². The predicted molar refractivity (Wildman–Crippen MR) is 133 cm³/mol. The van der Waals surface area contributed by atoms with E-state index < -0.39 is 0 Å². The molecule has 6 heteroatoms.